The topological polar surface area (TPSA) is 138 Å². The summed E-state index contributed by atoms with van der Waals surface area (Å²) >= 11 is 0. The molecule has 0 N–H and O–H groups in total. The first-order chi connectivity index (χ1) is 19.3. The van der Waals surface area contributed by atoms with Gasteiger partial charge in [-0.15, -0.1) is 0 Å². The van der Waals surface area contributed by atoms with Crippen LogP contribution < -0.4 is 0 Å². The Morgan fingerprint density at radius 1 is 0.905 bits per heavy atom. The van der Waals surface area contributed by atoms with E-state index < -0.39 is 69.2 Å². The second kappa shape index (κ2) is 10.3. The lowest BCUT2D eigenvalue weighted by Crippen LogP contribution is -2.64. The molecule has 1 unspecified atom stereocenters. The van der Waals surface area contributed by atoms with Crippen LogP contribution in [0.3, 0.4) is 0 Å². The van der Waals surface area contributed by atoms with Crippen LogP contribution in [0.4, 0.5) is 0 Å². The van der Waals surface area contributed by atoms with Crippen molar-refractivity contribution in [3.63, 3.8) is 0 Å². The Morgan fingerprint density at radius 3 is 2.10 bits per heavy atom. The van der Waals surface area contributed by atoms with Gasteiger partial charge in [0.05, 0.1) is 18.4 Å². The summed E-state index contributed by atoms with van der Waals surface area (Å²) in [6.45, 7) is 13.6. The van der Waals surface area contributed by atoms with E-state index in [-0.39, 0.29) is 66.4 Å². The van der Waals surface area contributed by atoms with E-state index in [0.29, 0.717) is 6.42 Å². The lowest BCUT2D eigenvalue weighted by Gasteiger charge is -2.59. The van der Waals surface area contributed by atoms with Gasteiger partial charge in [-0.05, 0) is 31.1 Å². The number of esters is 2. The molecule has 0 saturated heterocycles. The highest BCUT2D eigenvalue weighted by molar-refractivity contribution is 6.18. The molecule has 42 heavy (non-hydrogen) atoms. The van der Waals surface area contributed by atoms with Gasteiger partial charge in [0, 0.05) is 66.4 Å². The molecule has 230 valence electrons. The fourth-order valence-electron chi connectivity index (χ4n) is 9.19. The highest BCUT2D eigenvalue weighted by Gasteiger charge is 2.74. The SMILES string of the molecule is COC(=O)C(C)CC(=O)C[C@@H](C)[C@H]1CC(=O)[C@@]2(C)C3=C(C(=O)[C@@H](OC(C)=O)[C@]12C)[C@@]1(C)CCC(=O)C(C)(C)[C@@H]1CC3=O. The first kappa shape index (κ1) is 32.0. The van der Waals surface area contributed by atoms with Crippen molar-refractivity contribution in [2.75, 3.05) is 7.11 Å². The summed E-state index contributed by atoms with van der Waals surface area (Å²) in [7, 11) is 1.26. The summed E-state index contributed by atoms with van der Waals surface area (Å²) in [5, 5.41) is 0. The number of carbonyl (C=O) groups is 7. The molecule has 4 aliphatic carbocycles. The summed E-state index contributed by atoms with van der Waals surface area (Å²) in [5.74, 6) is -4.39. The fraction of sp³-hybridized carbons (Fsp3) is 0.727. The number of fused-ring (bicyclic) bond motifs is 4. The van der Waals surface area contributed by atoms with Gasteiger partial charge in [0.2, 0.25) is 5.78 Å². The number of ether oxygens (including phenoxy) is 2. The molecule has 9 nitrogen and oxygen atoms in total. The molecule has 0 radical (unpaired) electrons. The van der Waals surface area contributed by atoms with Crippen molar-refractivity contribution in [3.8, 4) is 0 Å². The maximum absolute atomic E-state index is 14.6. The van der Waals surface area contributed by atoms with Crippen LogP contribution in [0.15, 0.2) is 11.1 Å². The van der Waals surface area contributed by atoms with E-state index in [0.717, 1.165) is 0 Å². The minimum absolute atomic E-state index is 0.00717. The third kappa shape index (κ3) is 4.28. The van der Waals surface area contributed by atoms with E-state index in [1.54, 1.807) is 20.8 Å². The molecule has 0 spiro atoms. The molecular formula is C33H44O9. The molecule has 4 aliphatic rings. The van der Waals surface area contributed by atoms with Crippen molar-refractivity contribution in [1.82, 2.24) is 0 Å². The number of hydrogen-bond acceptors (Lipinski definition) is 9. The summed E-state index contributed by atoms with van der Waals surface area (Å²) in [6.07, 6.45) is -0.675. The number of hydrogen-bond donors (Lipinski definition) is 0. The van der Waals surface area contributed by atoms with E-state index >= 15 is 0 Å². The average Bonchev–Trinajstić information content (AvgIpc) is 3.11. The van der Waals surface area contributed by atoms with Crippen LogP contribution in [-0.4, -0.2) is 54.1 Å². The third-order valence-corrected chi connectivity index (χ3v) is 11.7. The van der Waals surface area contributed by atoms with Crippen molar-refractivity contribution in [2.24, 2.45) is 45.3 Å². The first-order valence-electron chi connectivity index (χ1n) is 15.0. The van der Waals surface area contributed by atoms with E-state index in [4.69, 9.17) is 9.47 Å². The number of carbonyl (C=O) groups excluding carboxylic acids is 7. The van der Waals surface area contributed by atoms with Crippen LogP contribution >= 0.6 is 0 Å². The Labute approximate surface area is 247 Å². The van der Waals surface area contributed by atoms with Gasteiger partial charge in [0.15, 0.2) is 11.9 Å². The zero-order valence-corrected chi connectivity index (χ0v) is 26.3. The molecule has 0 aromatic heterocycles. The normalized spacial score (nSPS) is 36.9. The molecule has 2 saturated carbocycles. The van der Waals surface area contributed by atoms with Gasteiger partial charge in [-0.2, -0.15) is 0 Å². The molecule has 0 amide bonds. The van der Waals surface area contributed by atoms with E-state index in [2.05, 4.69) is 0 Å². The van der Waals surface area contributed by atoms with Gasteiger partial charge in [0.1, 0.15) is 17.3 Å². The number of rotatable bonds is 7. The largest absolute Gasteiger partial charge is 0.469 e. The van der Waals surface area contributed by atoms with Crippen LogP contribution in [0.25, 0.3) is 0 Å². The predicted molar refractivity (Wildman–Crippen MR) is 151 cm³/mol. The molecule has 8 atom stereocenters. The smallest absolute Gasteiger partial charge is 0.308 e. The van der Waals surface area contributed by atoms with E-state index in [9.17, 15) is 33.6 Å². The zero-order valence-electron chi connectivity index (χ0n) is 26.3. The maximum atomic E-state index is 14.6. The van der Waals surface area contributed by atoms with Crippen molar-refractivity contribution in [3.05, 3.63) is 11.1 Å². The zero-order chi connectivity index (χ0) is 31.7. The molecule has 9 heteroatoms. The lowest BCUT2D eigenvalue weighted by molar-refractivity contribution is -0.175. The highest BCUT2D eigenvalue weighted by Crippen LogP contribution is 2.70. The molecule has 2 fully saturated rings. The first-order valence-corrected chi connectivity index (χ1v) is 15.0. The van der Waals surface area contributed by atoms with Gasteiger partial charge in [-0.3, -0.25) is 33.6 Å². The second-order valence-electron chi connectivity index (χ2n) is 14.3. The lowest BCUT2D eigenvalue weighted by atomic mass is 9.42. The number of ketones is 5. The Balaban J connectivity index is 1.86. The highest BCUT2D eigenvalue weighted by atomic mass is 16.5. The van der Waals surface area contributed by atoms with Crippen LogP contribution in [0.2, 0.25) is 0 Å². The molecule has 0 aromatic carbocycles. The minimum atomic E-state index is -1.44. The van der Waals surface area contributed by atoms with Gasteiger partial charge in [-0.1, -0.05) is 41.5 Å². The minimum Gasteiger partial charge on any atom is -0.469 e. The summed E-state index contributed by atoms with van der Waals surface area (Å²) in [4.78, 5) is 93.3. The average molecular weight is 585 g/mol. The summed E-state index contributed by atoms with van der Waals surface area (Å²) in [6, 6.07) is 0. The molecule has 0 aromatic rings. The van der Waals surface area contributed by atoms with E-state index in [1.807, 2.05) is 27.7 Å². The second-order valence-corrected chi connectivity index (χ2v) is 14.3. The fourth-order valence-corrected chi connectivity index (χ4v) is 9.19. The molecule has 0 heterocycles. The summed E-state index contributed by atoms with van der Waals surface area (Å²) < 4.78 is 10.6. The van der Waals surface area contributed by atoms with E-state index in [1.165, 1.54) is 14.0 Å². The third-order valence-electron chi connectivity index (χ3n) is 11.7. The number of Topliss-reactive ketones (excluding diaryl/α,β-unsaturated/α-hetero) is 5. The molecule has 0 bridgehead atoms. The van der Waals surface area contributed by atoms with Crippen molar-refractivity contribution >= 4 is 40.9 Å². The Hall–Kier alpha value is -2.97. The Bertz CT molecular complexity index is 1320. The van der Waals surface area contributed by atoms with Crippen molar-refractivity contribution < 1.29 is 43.0 Å². The van der Waals surface area contributed by atoms with Crippen LogP contribution in [0.5, 0.6) is 0 Å². The monoisotopic (exact) mass is 584 g/mol. The van der Waals surface area contributed by atoms with Crippen LogP contribution in [0.1, 0.15) is 93.9 Å². The van der Waals surface area contributed by atoms with Gasteiger partial charge in [0.25, 0.3) is 0 Å². The number of allylic oxidation sites excluding steroid dienone is 1. The quantitative estimate of drug-likeness (QED) is 0.403. The molecule has 4 rings (SSSR count). The van der Waals surface area contributed by atoms with Gasteiger partial charge >= 0.3 is 11.9 Å². The molecular weight excluding hydrogens is 540 g/mol. The predicted octanol–water partition coefficient (Wildman–Crippen LogP) is 4.18. The number of methoxy groups -OCH3 is 1. The van der Waals surface area contributed by atoms with Gasteiger partial charge < -0.3 is 9.47 Å². The van der Waals surface area contributed by atoms with Crippen LogP contribution in [-0.2, 0) is 43.0 Å². The van der Waals surface area contributed by atoms with Crippen molar-refractivity contribution in [2.45, 2.75) is 100 Å². The molecule has 0 aliphatic heterocycles. The van der Waals surface area contributed by atoms with Crippen LogP contribution in [0, 0.1) is 45.3 Å². The van der Waals surface area contributed by atoms with Gasteiger partial charge in [-0.25, -0.2) is 0 Å². The standard InChI is InChI=1S/C33H44O9/c1-16(12-19(35)13-17(2)29(40)41-9)20-14-24(38)33(8)25-21(36)15-22-30(4,5)23(37)10-11-31(22,6)26(25)27(39)28(32(20,33)7)42-18(3)34/h16-17,20,22,28H,10-15H2,1-9H3/t16-,17?,20-,22+,28-,31+,32+,33+/m1/s1. The Kier molecular flexibility index (Phi) is 7.86. The summed E-state index contributed by atoms with van der Waals surface area (Å²) in [5.41, 5.74) is -4.00. The maximum Gasteiger partial charge on any atom is 0.308 e. The Morgan fingerprint density at radius 2 is 1.52 bits per heavy atom. The van der Waals surface area contributed by atoms with Crippen molar-refractivity contribution in [1.29, 1.82) is 0 Å².